The van der Waals surface area contributed by atoms with Crippen molar-refractivity contribution in [2.24, 2.45) is 5.92 Å². The van der Waals surface area contributed by atoms with E-state index in [1.165, 1.54) is 43.2 Å². The number of nitrogens with zero attached hydrogens (tertiary/aromatic N) is 1. The van der Waals surface area contributed by atoms with Gasteiger partial charge in [0.15, 0.2) is 0 Å². The molecule has 5 heteroatoms. The fourth-order valence-electron chi connectivity index (χ4n) is 6.24. The monoisotopic (exact) mass is 374 g/mol. The second-order valence-corrected chi connectivity index (χ2v) is 8.85. The first-order valence-electron chi connectivity index (χ1n) is 10.5. The molecule has 1 saturated carbocycles. The van der Waals surface area contributed by atoms with Crippen LogP contribution < -0.4 is 10.6 Å². The third-order valence-electron chi connectivity index (χ3n) is 7.48. The summed E-state index contributed by atoms with van der Waals surface area (Å²) in [7, 11) is 0. The van der Waals surface area contributed by atoms with Crippen molar-refractivity contribution in [3.8, 4) is 5.75 Å². The average molecular weight is 374 g/mol. The van der Waals surface area contributed by atoms with Crippen LogP contribution in [0.2, 0.25) is 0 Å². The number of H-pyrrole nitrogens is 1. The molecule has 2 fully saturated rings. The number of phenols is 1. The third kappa shape index (κ3) is 2.32. The van der Waals surface area contributed by atoms with Gasteiger partial charge in [-0.3, -0.25) is 5.10 Å². The topological polar surface area (TPSA) is 73.0 Å². The number of hydrogen-bond donors (Lipinski definition) is 4. The first-order chi connectivity index (χ1) is 13.7. The van der Waals surface area contributed by atoms with E-state index in [4.69, 9.17) is 0 Å². The molecule has 0 spiro atoms. The maximum Gasteiger partial charge on any atom is 0.139 e. The molecule has 2 bridgehead atoms. The van der Waals surface area contributed by atoms with Crippen LogP contribution >= 0.6 is 0 Å². The fourth-order valence-corrected chi connectivity index (χ4v) is 6.24. The lowest BCUT2D eigenvalue weighted by Crippen LogP contribution is -2.59. The number of aromatic hydroxyl groups is 1. The minimum Gasteiger partial charge on any atom is -0.506 e. The minimum atomic E-state index is 0.270. The Morgan fingerprint density at radius 3 is 3.07 bits per heavy atom. The van der Waals surface area contributed by atoms with Crippen LogP contribution in [0.4, 0.5) is 11.4 Å². The number of phenolic OH excluding ortho intramolecular Hbond substituents is 1. The van der Waals surface area contributed by atoms with E-state index in [-0.39, 0.29) is 5.41 Å². The van der Waals surface area contributed by atoms with E-state index in [1.54, 1.807) is 0 Å². The van der Waals surface area contributed by atoms with Gasteiger partial charge in [0.25, 0.3) is 0 Å². The van der Waals surface area contributed by atoms with E-state index < -0.39 is 0 Å². The van der Waals surface area contributed by atoms with E-state index >= 15 is 0 Å². The van der Waals surface area contributed by atoms with Gasteiger partial charge in [-0.25, -0.2) is 0 Å². The highest BCUT2D eigenvalue weighted by Gasteiger charge is 2.51. The molecule has 2 aromatic carbocycles. The molecule has 6 rings (SSSR count). The van der Waals surface area contributed by atoms with Gasteiger partial charge in [-0.1, -0.05) is 12.8 Å². The van der Waals surface area contributed by atoms with Gasteiger partial charge < -0.3 is 15.7 Å². The Morgan fingerprint density at radius 1 is 1.14 bits per heavy atom. The molecule has 5 nitrogen and oxygen atoms in total. The average Bonchev–Trinajstić information content (AvgIpc) is 3.17. The molecule has 0 radical (unpaired) electrons. The zero-order valence-corrected chi connectivity index (χ0v) is 16.0. The van der Waals surface area contributed by atoms with E-state index in [2.05, 4.69) is 33.0 Å². The molecule has 4 N–H and O–H groups in total. The van der Waals surface area contributed by atoms with Crippen LogP contribution in [0, 0.1) is 5.92 Å². The van der Waals surface area contributed by atoms with Gasteiger partial charge in [-0.05, 0) is 79.6 Å². The lowest BCUT2D eigenvalue weighted by Gasteiger charge is -2.56. The molecule has 1 aliphatic heterocycles. The van der Waals surface area contributed by atoms with Crippen molar-refractivity contribution < 1.29 is 5.11 Å². The Morgan fingerprint density at radius 2 is 2.11 bits per heavy atom. The SMILES string of the molecule is Oc1cc2c(cc1Nc1ccc3cn[nH]c3c1)C[C@@H]1NCC[C@]23CCCC[C@H]13. The first kappa shape index (κ1) is 16.4. The van der Waals surface area contributed by atoms with Crippen LogP contribution in [0.1, 0.15) is 43.2 Å². The number of fused-ring (bicyclic) bond motifs is 2. The number of aromatic nitrogens is 2. The number of hydrogen-bond acceptors (Lipinski definition) is 4. The normalized spacial score (nSPS) is 28.6. The Bertz CT molecular complexity index is 1050. The molecule has 28 heavy (non-hydrogen) atoms. The highest BCUT2D eigenvalue weighted by molar-refractivity contribution is 5.83. The standard InChI is InChI=1S/C23H26N4O/c28-22-12-18-15(9-20-17-3-1-2-6-23(17,18)7-8-24-20)10-21(22)26-16-5-4-14-13-25-27-19(14)11-16/h4-5,10-13,17,20,24,26,28H,1-3,6-9H2,(H,25,27)/t17-,20+,23+/m1/s1. The van der Waals surface area contributed by atoms with Gasteiger partial charge in [0, 0.05) is 22.5 Å². The molecule has 1 aromatic heterocycles. The van der Waals surface area contributed by atoms with E-state index in [0.29, 0.717) is 11.8 Å². The summed E-state index contributed by atoms with van der Waals surface area (Å²) in [6, 6.07) is 11.0. The highest BCUT2D eigenvalue weighted by Crippen LogP contribution is 2.55. The second kappa shape index (κ2) is 5.98. The second-order valence-electron chi connectivity index (χ2n) is 8.85. The van der Waals surface area contributed by atoms with Crippen LogP contribution in [0.3, 0.4) is 0 Å². The summed E-state index contributed by atoms with van der Waals surface area (Å²) < 4.78 is 0. The van der Waals surface area contributed by atoms with E-state index in [0.717, 1.165) is 41.2 Å². The Balaban J connectivity index is 1.40. The lowest BCUT2D eigenvalue weighted by molar-refractivity contribution is 0.0796. The van der Waals surface area contributed by atoms with E-state index in [9.17, 15) is 5.11 Å². The van der Waals surface area contributed by atoms with Gasteiger partial charge >= 0.3 is 0 Å². The van der Waals surface area contributed by atoms with Gasteiger partial charge in [0.2, 0.25) is 0 Å². The van der Waals surface area contributed by atoms with Crippen molar-refractivity contribution in [2.75, 3.05) is 11.9 Å². The molecule has 3 atom stereocenters. The summed E-state index contributed by atoms with van der Waals surface area (Å²) in [5.41, 5.74) is 5.83. The zero-order valence-electron chi connectivity index (χ0n) is 16.0. The van der Waals surface area contributed by atoms with Gasteiger partial charge in [-0.2, -0.15) is 5.10 Å². The molecule has 3 aromatic rings. The summed E-state index contributed by atoms with van der Waals surface area (Å²) in [5.74, 6) is 1.09. The van der Waals surface area contributed by atoms with Gasteiger partial charge in [0.05, 0.1) is 17.4 Å². The van der Waals surface area contributed by atoms with Crippen LogP contribution in [0.15, 0.2) is 36.5 Å². The number of nitrogens with one attached hydrogen (secondary N) is 3. The van der Waals surface area contributed by atoms with E-state index in [1.807, 2.05) is 24.4 Å². The summed E-state index contributed by atoms with van der Waals surface area (Å²) in [6.07, 6.45) is 9.34. The van der Waals surface area contributed by atoms with Crippen LogP contribution in [0.25, 0.3) is 10.9 Å². The summed E-state index contributed by atoms with van der Waals surface area (Å²) in [4.78, 5) is 0. The largest absolute Gasteiger partial charge is 0.506 e. The van der Waals surface area contributed by atoms with Gasteiger partial charge in [-0.15, -0.1) is 0 Å². The molecule has 2 aliphatic carbocycles. The Labute approximate surface area is 164 Å². The van der Waals surface area contributed by atoms with Crippen molar-refractivity contribution in [3.05, 3.63) is 47.7 Å². The molecule has 144 valence electrons. The number of piperidine rings is 1. The van der Waals surface area contributed by atoms with Crippen LogP contribution in [-0.4, -0.2) is 27.9 Å². The minimum absolute atomic E-state index is 0.270. The van der Waals surface area contributed by atoms with Crippen LogP contribution in [0.5, 0.6) is 5.75 Å². The number of aromatic amines is 1. The summed E-state index contributed by atoms with van der Waals surface area (Å²) in [5, 5.41) is 26.3. The van der Waals surface area contributed by atoms with Crippen molar-refractivity contribution in [2.45, 2.75) is 50.0 Å². The molecule has 0 amide bonds. The molecule has 2 heterocycles. The maximum absolute atomic E-state index is 10.9. The first-order valence-corrected chi connectivity index (χ1v) is 10.5. The molecular weight excluding hydrogens is 348 g/mol. The molecule has 3 aliphatic rings. The number of benzene rings is 2. The van der Waals surface area contributed by atoms with Gasteiger partial charge in [0.1, 0.15) is 5.75 Å². The van der Waals surface area contributed by atoms with Crippen molar-refractivity contribution in [1.82, 2.24) is 15.5 Å². The van der Waals surface area contributed by atoms with Crippen LogP contribution in [-0.2, 0) is 11.8 Å². The summed E-state index contributed by atoms with van der Waals surface area (Å²) in [6.45, 7) is 1.10. The van der Waals surface area contributed by atoms with Crippen molar-refractivity contribution in [1.29, 1.82) is 0 Å². The predicted molar refractivity (Wildman–Crippen MR) is 111 cm³/mol. The Hall–Kier alpha value is -2.53. The fraction of sp³-hybridized carbons (Fsp3) is 0.435. The zero-order chi connectivity index (χ0) is 18.7. The van der Waals surface area contributed by atoms with Crippen molar-refractivity contribution in [3.63, 3.8) is 0 Å². The third-order valence-corrected chi connectivity index (χ3v) is 7.48. The van der Waals surface area contributed by atoms with Crippen molar-refractivity contribution >= 4 is 22.3 Å². The summed E-state index contributed by atoms with van der Waals surface area (Å²) >= 11 is 0. The number of rotatable bonds is 2. The predicted octanol–water partition coefficient (Wildman–Crippen LogP) is 4.36. The number of anilines is 2. The smallest absolute Gasteiger partial charge is 0.139 e. The quantitative estimate of drug-likeness (QED) is 0.503. The molecule has 0 unspecified atom stereocenters. The lowest BCUT2D eigenvalue weighted by atomic mass is 9.53. The molecule has 1 saturated heterocycles. The highest BCUT2D eigenvalue weighted by atomic mass is 16.3. The Kier molecular flexibility index (Phi) is 3.51. The molecular formula is C23H26N4O. The maximum atomic E-state index is 10.9.